The van der Waals surface area contributed by atoms with Gasteiger partial charge >= 0.3 is 0 Å². The Hall–Kier alpha value is -0.590. The van der Waals surface area contributed by atoms with E-state index >= 15 is 0 Å². The molecule has 2 rings (SSSR count). The zero-order chi connectivity index (χ0) is 12.3. The summed E-state index contributed by atoms with van der Waals surface area (Å²) in [6, 6.07) is 0. The lowest BCUT2D eigenvalue weighted by molar-refractivity contribution is 0.297. The average Bonchev–Trinajstić information content (AvgIpc) is 2.77. The van der Waals surface area contributed by atoms with E-state index in [1.807, 2.05) is 13.2 Å². The van der Waals surface area contributed by atoms with Crippen molar-refractivity contribution in [1.82, 2.24) is 13.6 Å². The smallest absolute Gasteiger partial charge is 0.254 e. The summed E-state index contributed by atoms with van der Waals surface area (Å²) in [7, 11) is 2.12. The van der Waals surface area contributed by atoms with Crippen LogP contribution in [0.2, 0.25) is 0 Å². The van der Waals surface area contributed by atoms with Gasteiger partial charge < -0.3 is 9.64 Å². The minimum absolute atomic E-state index is 0.111. The van der Waals surface area contributed by atoms with Crippen molar-refractivity contribution in [3.8, 4) is 5.88 Å². The van der Waals surface area contributed by atoms with Crippen LogP contribution in [0.25, 0.3) is 5.57 Å². The van der Waals surface area contributed by atoms with Crippen LogP contribution in [0.4, 0.5) is 0 Å². The van der Waals surface area contributed by atoms with Gasteiger partial charge in [-0.25, -0.2) is 0 Å². The molecule has 1 aliphatic rings. The summed E-state index contributed by atoms with van der Waals surface area (Å²) in [6.07, 6.45) is 5.34. The molecule has 1 atom stereocenters. The summed E-state index contributed by atoms with van der Waals surface area (Å²) < 4.78 is 14.4. The van der Waals surface area contributed by atoms with Crippen LogP contribution in [-0.2, 0) is 0 Å². The van der Waals surface area contributed by atoms with Crippen LogP contribution >= 0.6 is 23.5 Å². The van der Waals surface area contributed by atoms with Crippen molar-refractivity contribution >= 4 is 29.1 Å². The first-order chi connectivity index (χ1) is 8.20. The molecule has 1 aromatic rings. The van der Waals surface area contributed by atoms with E-state index in [1.165, 1.54) is 17.3 Å². The third-order valence-electron chi connectivity index (χ3n) is 2.71. The van der Waals surface area contributed by atoms with Gasteiger partial charge in [0.05, 0.1) is 11.7 Å². The third-order valence-corrected chi connectivity index (χ3v) is 3.99. The Labute approximate surface area is 110 Å². The number of hydrogen-bond acceptors (Lipinski definition) is 6. The van der Waals surface area contributed by atoms with Crippen molar-refractivity contribution in [2.75, 3.05) is 26.4 Å². The summed E-state index contributed by atoms with van der Waals surface area (Å²) in [5.41, 5.74) is 2.26. The molecule has 0 amide bonds. The third kappa shape index (κ3) is 3.20. The molecule has 4 nitrogen and oxygen atoms in total. The Morgan fingerprint density at radius 1 is 1.53 bits per heavy atom. The van der Waals surface area contributed by atoms with Crippen LogP contribution in [0, 0.1) is 0 Å². The molecule has 0 radical (unpaired) electrons. The molecule has 6 heteroatoms. The zero-order valence-electron chi connectivity index (χ0n) is 10.3. The van der Waals surface area contributed by atoms with Gasteiger partial charge in [0.2, 0.25) is 0 Å². The topological polar surface area (TPSA) is 38.3 Å². The maximum Gasteiger partial charge on any atom is 0.254 e. The minimum atomic E-state index is 0.111. The molecule has 1 aromatic heterocycles. The van der Waals surface area contributed by atoms with Gasteiger partial charge in [-0.3, -0.25) is 0 Å². The first kappa shape index (κ1) is 12.9. The van der Waals surface area contributed by atoms with E-state index in [9.17, 15) is 0 Å². The van der Waals surface area contributed by atoms with E-state index < -0.39 is 0 Å². The van der Waals surface area contributed by atoms with E-state index in [0.717, 1.165) is 25.2 Å². The molecule has 0 saturated heterocycles. The van der Waals surface area contributed by atoms with Crippen LogP contribution in [0.15, 0.2) is 6.08 Å². The van der Waals surface area contributed by atoms with E-state index in [1.54, 1.807) is 11.8 Å². The van der Waals surface area contributed by atoms with Gasteiger partial charge in [-0.2, -0.15) is 4.37 Å². The number of hydrogen-bond donors (Lipinski definition) is 0. The van der Waals surface area contributed by atoms with Crippen molar-refractivity contribution in [2.24, 2.45) is 0 Å². The fourth-order valence-corrected chi connectivity index (χ4v) is 2.43. The van der Waals surface area contributed by atoms with Crippen molar-refractivity contribution < 1.29 is 4.74 Å². The number of nitrogens with zero attached hydrogens (tertiary/aromatic N) is 3. The molecule has 1 aliphatic heterocycles. The van der Waals surface area contributed by atoms with Gasteiger partial charge in [0, 0.05) is 13.1 Å². The number of ether oxygens (including phenoxy) is 1. The Morgan fingerprint density at radius 3 is 3.06 bits per heavy atom. The molecule has 0 bridgehead atoms. The summed E-state index contributed by atoms with van der Waals surface area (Å²) in [4.78, 5) is 2.29. The van der Waals surface area contributed by atoms with E-state index in [0.29, 0.717) is 5.88 Å². The largest absolute Gasteiger partial charge is 0.461 e. The van der Waals surface area contributed by atoms with Gasteiger partial charge in [-0.15, -0.1) is 16.1 Å². The first-order valence-electron chi connectivity index (χ1n) is 5.60. The average molecular weight is 271 g/mol. The SMILES string of the molecule is CSC(C)Oc1nsnc1C1=CCCN(C)C1. The van der Waals surface area contributed by atoms with Crippen LogP contribution in [-0.4, -0.2) is 45.5 Å². The fraction of sp³-hybridized carbons (Fsp3) is 0.636. The predicted molar refractivity (Wildman–Crippen MR) is 73.6 cm³/mol. The highest BCUT2D eigenvalue weighted by Gasteiger charge is 2.19. The van der Waals surface area contributed by atoms with Crippen molar-refractivity contribution in [3.05, 3.63) is 11.8 Å². The summed E-state index contributed by atoms with van der Waals surface area (Å²) in [5.74, 6) is 0.679. The Kier molecular flexibility index (Phi) is 4.42. The number of likely N-dealkylation sites (N-methyl/N-ethyl adjacent to an activating group) is 1. The van der Waals surface area contributed by atoms with Gasteiger partial charge in [-0.05, 0) is 32.2 Å². The molecule has 0 N–H and O–H groups in total. The Balaban J connectivity index is 2.15. The van der Waals surface area contributed by atoms with Crippen LogP contribution in [0.3, 0.4) is 0 Å². The van der Waals surface area contributed by atoms with Gasteiger partial charge in [0.1, 0.15) is 11.1 Å². The maximum atomic E-state index is 5.76. The molecule has 0 aromatic carbocycles. The molecule has 94 valence electrons. The number of thioether (sulfide) groups is 1. The van der Waals surface area contributed by atoms with Crippen molar-refractivity contribution in [3.63, 3.8) is 0 Å². The normalized spacial score (nSPS) is 18.9. The molecule has 0 spiro atoms. The summed E-state index contributed by atoms with van der Waals surface area (Å²) >= 11 is 2.88. The maximum absolute atomic E-state index is 5.76. The van der Waals surface area contributed by atoms with Crippen LogP contribution in [0.5, 0.6) is 5.88 Å². The standard InChI is InChI=1S/C11H17N3OS2/c1-8(16-3)15-11-10(12-17-13-11)9-5-4-6-14(2)7-9/h5,8H,4,6-7H2,1-3H3. The molecular formula is C11H17N3OS2. The molecule has 17 heavy (non-hydrogen) atoms. The fourth-order valence-electron chi connectivity index (χ4n) is 1.72. The quantitative estimate of drug-likeness (QED) is 0.786. The van der Waals surface area contributed by atoms with Crippen LogP contribution < -0.4 is 4.74 Å². The molecule has 0 saturated carbocycles. The lowest BCUT2D eigenvalue weighted by Gasteiger charge is -2.22. The predicted octanol–water partition coefficient (Wildman–Crippen LogP) is 2.34. The lowest BCUT2D eigenvalue weighted by atomic mass is 10.1. The second-order valence-corrected chi connectivity index (χ2v) is 5.76. The highest BCUT2D eigenvalue weighted by atomic mass is 32.2. The Morgan fingerprint density at radius 2 is 2.35 bits per heavy atom. The van der Waals surface area contributed by atoms with Gasteiger partial charge in [0.25, 0.3) is 5.88 Å². The zero-order valence-corrected chi connectivity index (χ0v) is 12.0. The first-order valence-corrected chi connectivity index (χ1v) is 7.62. The highest BCUT2D eigenvalue weighted by molar-refractivity contribution is 7.99. The monoisotopic (exact) mass is 271 g/mol. The number of aromatic nitrogens is 2. The summed E-state index contributed by atoms with van der Waals surface area (Å²) in [5, 5.41) is 0. The second kappa shape index (κ2) is 5.84. The number of rotatable bonds is 4. The van der Waals surface area contributed by atoms with E-state index in [2.05, 4.69) is 26.8 Å². The molecule has 1 unspecified atom stereocenters. The lowest BCUT2D eigenvalue weighted by Crippen LogP contribution is -2.25. The molecular weight excluding hydrogens is 254 g/mol. The molecule has 2 heterocycles. The second-order valence-electron chi connectivity index (χ2n) is 4.09. The van der Waals surface area contributed by atoms with E-state index in [4.69, 9.17) is 4.74 Å². The van der Waals surface area contributed by atoms with Gasteiger partial charge in [0.15, 0.2) is 0 Å². The molecule has 0 aliphatic carbocycles. The van der Waals surface area contributed by atoms with Crippen LogP contribution in [0.1, 0.15) is 19.0 Å². The van der Waals surface area contributed by atoms with Crippen molar-refractivity contribution in [2.45, 2.75) is 18.8 Å². The Bertz CT molecular complexity index is 405. The van der Waals surface area contributed by atoms with E-state index in [-0.39, 0.29) is 5.44 Å². The van der Waals surface area contributed by atoms with Crippen molar-refractivity contribution in [1.29, 1.82) is 0 Å². The van der Waals surface area contributed by atoms with Gasteiger partial charge in [-0.1, -0.05) is 6.08 Å². The minimum Gasteiger partial charge on any atom is -0.461 e. The highest BCUT2D eigenvalue weighted by Crippen LogP contribution is 2.28. The molecule has 0 fully saturated rings. The summed E-state index contributed by atoms with van der Waals surface area (Å²) in [6.45, 7) is 4.06.